The first-order valence-electron chi connectivity index (χ1n) is 5.93. The summed E-state index contributed by atoms with van der Waals surface area (Å²) >= 11 is 0. The molecular weight excluding hydrogens is 212 g/mol. The first-order valence-corrected chi connectivity index (χ1v) is 5.93. The Kier molecular flexibility index (Phi) is 4.40. The lowest BCUT2D eigenvalue weighted by Crippen LogP contribution is -2.33. The molecular formula is C14H22N2O. The van der Waals surface area contributed by atoms with E-state index in [1.165, 1.54) is 0 Å². The number of pyridine rings is 1. The number of carbonyl (C=O) groups is 1. The van der Waals surface area contributed by atoms with Crippen molar-refractivity contribution >= 4 is 5.78 Å². The van der Waals surface area contributed by atoms with Crippen molar-refractivity contribution in [2.75, 3.05) is 13.6 Å². The van der Waals surface area contributed by atoms with Gasteiger partial charge in [-0.05, 0) is 26.1 Å². The van der Waals surface area contributed by atoms with E-state index in [9.17, 15) is 4.79 Å². The van der Waals surface area contributed by atoms with Gasteiger partial charge in [0.25, 0.3) is 0 Å². The molecule has 3 heteroatoms. The zero-order valence-electron chi connectivity index (χ0n) is 11.4. The van der Waals surface area contributed by atoms with Crippen LogP contribution < -0.4 is 0 Å². The lowest BCUT2D eigenvalue weighted by molar-refractivity contribution is -0.127. The molecule has 0 amide bonds. The van der Waals surface area contributed by atoms with E-state index in [4.69, 9.17) is 0 Å². The van der Waals surface area contributed by atoms with Gasteiger partial charge in [0.15, 0.2) is 5.78 Å². The van der Waals surface area contributed by atoms with Crippen molar-refractivity contribution in [3.05, 3.63) is 29.6 Å². The maximum atomic E-state index is 11.9. The molecule has 0 aliphatic carbocycles. The average Bonchev–Trinajstić information content (AvgIpc) is 2.15. The van der Waals surface area contributed by atoms with Crippen LogP contribution in [0.1, 0.15) is 32.2 Å². The number of ketones is 1. The van der Waals surface area contributed by atoms with Crippen LogP contribution in [-0.4, -0.2) is 29.3 Å². The monoisotopic (exact) mass is 234 g/mol. The minimum Gasteiger partial charge on any atom is -0.298 e. The van der Waals surface area contributed by atoms with E-state index in [1.54, 1.807) is 0 Å². The molecule has 0 unspecified atom stereocenters. The topological polar surface area (TPSA) is 33.2 Å². The largest absolute Gasteiger partial charge is 0.298 e. The highest BCUT2D eigenvalue weighted by atomic mass is 16.1. The van der Waals surface area contributed by atoms with Gasteiger partial charge in [-0.3, -0.25) is 14.7 Å². The van der Waals surface area contributed by atoms with Crippen molar-refractivity contribution in [1.29, 1.82) is 0 Å². The highest BCUT2D eigenvalue weighted by Crippen LogP contribution is 2.15. The summed E-state index contributed by atoms with van der Waals surface area (Å²) in [7, 11) is 1.95. The van der Waals surface area contributed by atoms with E-state index in [0.29, 0.717) is 13.1 Å². The van der Waals surface area contributed by atoms with E-state index in [0.717, 1.165) is 11.4 Å². The zero-order valence-corrected chi connectivity index (χ0v) is 11.4. The van der Waals surface area contributed by atoms with Crippen LogP contribution in [0, 0.1) is 12.3 Å². The third kappa shape index (κ3) is 4.65. The van der Waals surface area contributed by atoms with Crippen LogP contribution in [0.4, 0.5) is 0 Å². The Morgan fingerprint density at radius 1 is 1.35 bits per heavy atom. The number of rotatable bonds is 4. The van der Waals surface area contributed by atoms with Crippen molar-refractivity contribution in [2.24, 2.45) is 5.41 Å². The quantitative estimate of drug-likeness (QED) is 0.802. The fourth-order valence-electron chi connectivity index (χ4n) is 1.50. The lowest BCUT2D eigenvalue weighted by atomic mass is 9.90. The van der Waals surface area contributed by atoms with Crippen molar-refractivity contribution in [1.82, 2.24) is 9.88 Å². The molecule has 17 heavy (non-hydrogen) atoms. The summed E-state index contributed by atoms with van der Waals surface area (Å²) in [4.78, 5) is 18.3. The highest BCUT2D eigenvalue weighted by molar-refractivity contribution is 5.85. The summed E-state index contributed by atoms with van der Waals surface area (Å²) in [5.74, 6) is 0.257. The van der Waals surface area contributed by atoms with Gasteiger partial charge in [-0.1, -0.05) is 26.8 Å². The van der Waals surface area contributed by atoms with Crippen LogP contribution in [-0.2, 0) is 11.3 Å². The van der Waals surface area contributed by atoms with E-state index in [1.807, 2.05) is 57.8 Å². The minimum atomic E-state index is -0.270. The summed E-state index contributed by atoms with van der Waals surface area (Å²) in [6.07, 6.45) is 0. The van der Waals surface area contributed by atoms with Gasteiger partial charge in [-0.15, -0.1) is 0 Å². The van der Waals surface area contributed by atoms with Gasteiger partial charge in [0.2, 0.25) is 0 Å². The van der Waals surface area contributed by atoms with E-state index in [2.05, 4.69) is 4.98 Å². The number of Topliss-reactive ketones (excluding diaryl/α,β-unsaturated/α-hetero) is 1. The Balaban J connectivity index is 2.56. The molecule has 0 N–H and O–H groups in total. The number of aryl methyl sites for hydroxylation is 1. The number of hydrogen-bond donors (Lipinski definition) is 0. The number of nitrogens with zero attached hydrogens (tertiary/aromatic N) is 2. The zero-order chi connectivity index (χ0) is 13.1. The third-order valence-corrected chi connectivity index (χ3v) is 2.63. The molecule has 1 aromatic rings. The van der Waals surface area contributed by atoms with Crippen LogP contribution in [0.25, 0.3) is 0 Å². The van der Waals surface area contributed by atoms with Gasteiger partial charge < -0.3 is 0 Å². The molecule has 0 aliphatic rings. The van der Waals surface area contributed by atoms with E-state index in [-0.39, 0.29) is 11.2 Å². The Morgan fingerprint density at radius 2 is 2.00 bits per heavy atom. The summed E-state index contributed by atoms with van der Waals surface area (Å²) < 4.78 is 0. The number of hydrogen-bond acceptors (Lipinski definition) is 3. The van der Waals surface area contributed by atoms with Crippen LogP contribution >= 0.6 is 0 Å². The van der Waals surface area contributed by atoms with Gasteiger partial charge in [-0.25, -0.2) is 0 Å². The fourth-order valence-corrected chi connectivity index (χ4v) is 1.50. The van der Waals surface area contributed by atoms with Crippen molar-refractivity contribution < 1.29 is 4.79 Å². The Labute approximate surface area is 104 Å². The van der Waals surface area contributed by atoms with Gasteiger partial charge in [0, 0.05) is 17.7 Å². The second kappa shape index (κ2) is 5.41. The van der Waals surface area contributed by atoms with Crippen molar-refractivity contribution in [2.45, 2.75) is 34.2 Å². The molecule has 3 nitrogen and oxygen atoms in total. The molecule has 1 rings (SSSR count). The second-order valence-corrected chi connectivity index (χ2v) is 5.62. The summed E-state index contributed by atoms with van der Waals surface area (Å²) in [6.45, 7) is 9.02. The normalized spacial score (nSPS) is 11.9. The standard InChI is InChI=1S/C14H22N2O/c1-11-7-6-8-12(15-11)9-16(5)10-13(17)14(2,3)4/h6-8H,9-10H2,1-5H3. The van der Waals surface area contributed by atoms with E-state index < -0.39 is 0 Å². The molecule has 0 aromatic carbocycles. The Bertz CT molecular complexity index is 393. The molecule has 0 spiro atoms. The number of aromatic nitrogens is 1. The molecule has 0 radical (unpaired) electrons. The van der Waals surface area contributed by atoms with Gasteiger partial charge in [0.05, 0.1) is 12.2 Å². The lowest BCUT2D eigenvalue weighted by Gasteiger charge is -2.22. The second-order valence-electron chi connectivity index (χ2n) is 5.62. The van der Waals surface area contributed by atoms with Crippen LogP contribution in [0.15, 0.2) is 18.2 Å². The maximum Gasteiger partial charge on any atom is 0.152 e. The van der Waals surface area contributed by atoms with Crippen molar-refractivity contribution in [3.63, 3.8) is 0 Å². The third-order valence-electron chi connectivity index (χ3n) is 2.63. The molecule has 94 valence electrons. The summed E-state index contributed by atoms with van der Waals surface area (Å²) in [5, 5.41) is 0. The SMILES string of the molecule is Cc1cccc(CN(C)CC(=O)C(C)(C)C)n1. The van der Waals surface area contributed by atoms with Gasteiger partial charge >= 0.3 is 0 Å². The molecule has 0 aliphatic heterocycles. The Hall–Kier alpha value is -1.22. The molecule has 0 saturated heterocycles. The smallest absolute Gasteiger partial charge is 0.152 e. The molecule has 0 saturated carbocycles. The maximum absolute atomic E-state index is 11.9. The highest BCUT2D eigenvalue weighted by Gasteiger charge is 2.22. The molecule has 0 atom stereocenters. The predicted molar refractivity (Wildman–Crippen MR) is 69.8 cm³/mol. The number of likely N-dealkylation sites (N-methyl/N-ethyl adjacent to an activating group) is 1. The summed E-state index contributed by atoms with van der Waals surface area (Å²) in [6, 6.07) is 5.96. The first kappa shape index (κ1) is 13.8. The fraction of sp³-hybridized carbons (Fsp3) is 0.571. The van der Waals surface area contributed by atoms with Gasteiger partial charge in [-0.2, -0.15) is 0 Å². The number of carbonyl (C=O) groups excluding carboxylic acids is 1. The van der Waals surface area contributed by atoms with Gasteiger partial charge in [0.1, 0.15) is 0 Å². The first-order chi connectivity index (χ1) is 7.79. The summed E-state index contributed by atoms with van der Waals surface area (Å²) in [5.41, 5.74) is 1.75. The van der Waals surface area contributed by atoms with Crippen LogP contribution in [0.5, 0.6) is 0 Å². The minimum absolute atomic E-state index is 0.257. The van der Waals surface area contributed by atoms with Crippen molar-refractivity contribution in [3.8, 4) is 0 Å². The van der Waals surface area contributed by atoms with Crippen LogP contribution in [0.3, 0.4) is 0 Å². The van der Waals surface area contributed by atoms with E-state index >= 15 is 0 Å². The molecule has 1 aromatic heterocycles. The van der Waals surface area contributed by atoms with Crippen LogP contribution in [0.2, 0.25) is 0 Å². The molecule has 1 heterocycles. The molecule has 0 bridgehead atoms. The predicted octanol–water partition coefficient (Wildman–Crippen LogP) is 2.44. The molecule has 0 fully saturated rings. The average molecular weight is 234 g/mol. The Morgan fingerprint density at radius 3 is 2.53 bits per heavy atom.